The van der Waals surface area contributed by atoms with Crippen LogP contribution in [0.25, 0.3) is 0 Å². The van der Waals surface area contributed by atoms with E-state index in [1.807, 2.05) is 24.3 Å². The number of nitrogens with zero attached hydrogens (tertiary/aromatic N) is 3. The second-order valence-corrected chi connectivity index (χ2v) is 6.54. The van der Waals surface area contributed by atoms with Crippen molar-refractivity contribution < 1.29 is 9.84 Å². The number of ether oxygens (including phenoxy) is 1. The topological polar surface area (TPSA) is 59.7 Å². The predicted octanol–water partition coefficient (Wildman–Crippen LogP) is 1.22. The first kappa shape index (κ1) is 16.4. The molecule has 0 aromatic heterocycles. The van der Waals surface area contributed by atoms with Gasteiger partial charge < -0.3 is 9.84 Å². The highest BCUT2D eigenvalue weighted by Gasteiger charge is 2.27. The summed E-state index contributed by atoms with van der Waals surface area (Å²) in [5, 5.41) is 19.2. The molecule has 2 heterocycles. The van der Waals surface area contributed by atoms with Gasteiger partial charge in [0.25, 0.3) is 0 Å². The zero-order valence-electron chi connectivity index (χ0n) is 13.5. The summed E-state index contributed by atoms with van der Waals surface area (Å²) in [6.07, 6.45) is 1.84. The summed E-state index contributed by atoms with van der Waals surface area (Å²) in [6.45, 7) is 5.93. The van der Waals surface area contributed by atoms with Crippen molar-refractivity contribution in [3.05, 3.63) is 35.4 Å². The number of benzene rings is 1. The van der Waals surface area contributed by atoms with Crippen LogP contribution < -0.4 is 0 Å². The van der Waals surface area contributed by atoms with Crippen LogP contribution in [0.15, 0.2) is 24.3 Å². The fourth-order valence-electron chi connectivity index (χ4n) is 3.55. The number of β-amino-alcohol motifs (C(OH)–C–C–N with tert-alkyl or cyclic N) is 1. The largest absolute Gasteiger partial charge is 0.390 e. The van der Waals surface area contributed by atoms with Crippen LogP contribution >= 0.6 is 0 Å². The van der Waals surface area contributed by atoms with Crippen molar-refractivity contribution in [1.82, 2.24) is 9.80 Å². The molecule has 3 rings (SSSR count). The van der Waals surface area contributed by atoms with Crippen molar-refractivity contribution in [2.75, 3.05) is 39.4 Å². The molecule has 1 atom stereocenters. The molecule has 2 aliphatic heterocycles. The fraction of sp³-hybridized carbons (Fsp3) is 0.611. The molecule has 2 aliphatic rings. The van der Waals surface area contributed by atoms with Gasteiger partial charge in [-0.15, -0.1) is 0 Å². The maximum Gasteiger partial charge on any atom is 0.0991 e. The molecule has 5 nitrogen and oxygen atoms in total. The van der Waals surface area contributed by atoms with E-state index in [-0.39, 0.29) is 6.10 Å². The molecule has 0 radical (unpaired) electrons. The van der Waals surface area contributed by atoms with E-state index in [1.165, 1.54) is 5.56 Å². The Hall–Kier alpha value is -1.45. The predicted molar refractivity (Wildman–Crippen MR) is 87.9 cm³/mol. The van der Waals surface area contributed by atoms with Crippen LogP contribution in [-0.2, 0) is 11.3 Å². The van der Waals surface area contributed by atoms with Crippen LogP contribution in [0.2, 0.25) is 0 Å². The molecule has 0 aliphatic carbocycles. The number of rotatable bonds is 3. The van der Waals surface area contributed by atoms with Crippen molar-refractivity contribution in [1.29, 1.82) is 5.26 Å². The molecule has 0 amide bonds. The molecule has 5 heteroatoms. The fourth-order valence-corrected chi connectivity index (χ4v) is 3.55. The summed E-state index contributed by atoms with van der Waals surface area (Å²) in [5.74, 6) is 0. The van der Waals surface area contributed by atoms with Gasteiger partial charge in [-0.05, 0) is 30.5 Å². The Bertz CT molecular complexity index is 534. The Morgan fingerprint density at radius 1 is 1.13 bits per heavy atom. The quantitative estimate of drug-likeness (QED) is 0.909. The molecule has 2 saturated heterocycles. The monoisotopic (exact) mass is 315 g/mol. The number of nitriles is 1. The first-order valence-electron chi connectivity index (χ1n) is 8.46. The van der Waals surface area contributed by atoms with Crippen LogP contribution in [-0.4, -0.2) is 66.4 Å². The summed E-state index contributed by atoms with van der Waals surface area (Å²) >= 11 is 0. The Morgan fingerprint density at radius 3 is 2.57 bits per heavy atom. The molecule has 0 saturated carbocycles. The van der Waals surface area contributed by atoms with Gasteiger partial charge in [-0.3, -0.25) is 9.80 Å². The van der Waals surface area contributed by atoms with E-state index in [0.717, 1.165) is 52.2 Å². The minimum absolute atomic E-state index is 0.307. The van der Waals surface area contributed by atoms with Crippen molar-refractivity contribution in [2.45, 2.75) is 31.5 Å². The maximum absolute atomic E-state index is 10.4. The second kappa shape index (κ2) is 7.89. The van der Waals surface area contributed by atoms with E-state index in [2.05, 4.69) is 15.9 Å². The zero-order chi connectivity index (χ0) is 16.1. The van der Waals surface area contributed by atoms with Crippen LogP contribution in [0, 0.1) is 11.3 Å². The van der Waals surface area contributed by atoms with Crippen molar-refractivity contribution in [3.8, 4) is 6.07 Å². The third-order valence-electron chi connectivity index (χ3n) is 4.81. The third-order valence-corrected chi connectivity index (χ3v) is 4.81. The Morgan fingerprint density at radius 2 is 1.87 bits per heavy atom. The summed E-state index contributed by atoms with van der Waals surface area (Å²) in [4.78, 5) is 4.75. The standard InChI is InChI=1S/C18H25N3O2/c19-11-15-1-3-16(4-2-15)12-20-7-8-21(14-18(22)13-20)17-5-9-23-10-6-17/h1-4,17-18,22H,5-10,12-14H2/t18-/m1/s1. The van der Waals surface area contributed by atoms with E-state index in [1.54, 1.807) is 0 Å². The third kappa shape index (κ3) is 4.52. The number of hydrogen-bond donors (Lipinski definition) is 1. The molecular formula is C18H25N3O2. The minimum atomic E-state index is -0.307. The van der Waals surface area contributed by atoms with Crippen LogP contribution in [0.5, 0.6) is 0 Å². The SMILES string of the molecule is N#Cc1ccc(CN2CCN(C3CCOCC3)C[C@H](O)C2)cc1. The van der Waals surface area contributed by atoms with Gasteiger partial charge >= 0.3 is 0 Å². The first-order chi connectivity index (χ1) is 11.2. The van der Waals surface area contributed by atoms with E-state index >= 15 is 0 Å². The first-order valence-corrected chi connectivity index (χ1v) is 8.46. The molecule has 124 valence electrons. The summed E-state index contributed by atoms with van der Waals surface area (Å²) in [5.41, 5.74) is 1.88. The highest BCUT2D eigenvalue weighted by Crippen LogP contribution is 2.18. The smallest absolute Gasteiger partial charge is 0.0991 e. The van der Waals surface area contributed by atoms with Gasteiger partial charge in [-0.1, -0.05) is 12.1 Å². The molecule has 2 fully saturated rings. The van der Waals surface area contributed by atoms with E-state index in [0.29, 0.717) is 18.2 Å². The van der Waals surface area contributed by atoms with E-state index in [9.17, 15) is 5.11 Å². The van der Waals surface area contributed by atoms with Gasteiger partial charge in [-0.25, -0.2) is 0 Å². The minimum Gasteiger partial charge on any atom is -0.390 e. The zero-order valence-corrected chi connectivity index (χ0v) is 13.5. The molecule has 0 spiro atoms. The van der Waals surface area contributed by atoms with E-state index < -0.39 is 0 Å². The molecular weight excluding hydrogens is 290 g/mol. The lowest BCUT2D eigenvalue weighted by Crippen LogP contribution is -2.43. The molecule has 0 unspecified atom stereocenters. The normalized spacial score (nSPS) is 25.0. The lowest BCUT2D eigenvalue weighted by molar-refractivity contribution is 0.0217. The van der Waals surface area contributed by atoms with Crippen LogP contribution in [0.1, 0.15) is 24.0 Å². The summed E-state index contributed by atoms with van der Waals surface area (Å²) in [7, 11) is 0. The summed E-state index contributed by atoms with van der Waals surface area (Å²) < 4.78 is 5.45. The Balaban J connectivity index is 1.58. The lowest BCUT2D eigenvalue weighted by Gasteiger charge is -2.33. The highest BCUT2D eigenvalue weighted by atomic mass is 16.5. The average molecular weight is 315 g/mol. The van der Waals surface area contributed by atoms with Crippen molar-refractivity contribution in [3.63, 3.8) is 0 Å². The number of aliphatic hydroxyl groups excluding tert-OH is 1. The van der Waals surface area contributed by atoms with Crippen LogP contribution in [0.3, 0.4) is 0 Å². The lowest BCUT2D eigenvalue weighted by atomic mass is 10.1. The van der Waals surface area contributed by atoms with Crippen molar-refractivity contribution in [2.24, 2.45) is 0 Å². The molecule has 1 N–H and O–H groups in total. The van der Waals surface area contributed by atoms with Gasteiger partial charge in [0.2, 0.25) is 0 Å². The molecule has 23 heavy (non-hydrogen) atoms. The Kier molecular flexibility index (Phi) is 5.63. The van der Waals surface area contributed by atoms with Crippen molar-refractivity contribution >= 4 is 0 Å². The van der Waals surface area contributed by atoms with E-state index in [4.69, 9.17) is 10.00 Å². The van der Waals surface area contributed by atoms with Gasteiger partial charge in [0, 0.05) is 52.0 Å². The highest BCUT2D eigenvalue weighted by molar-refractivity contribution is 5.31. The van der Waals surface area contributed by atoms with Crippen LogP contribution in [0.4, 0.5) is 0 Å². The molecule has 0 bridgehead atoms. The number of aliphatic hydroxyl groups is 1. The second-order valence-electron chi connectivity index (χ2n) is 6.54. The van der Waals surface area contributed by atoms with Gasteiger partial charge in [0.1, 0.15) is 0 Å². The van der Waals surface area contributed by atoms with Gasteiger partial charge in [-0.2, -0.15) is 5.26 Å². The maximum atomic E-state index is 10.4. The molecule has 1 aromatic rings. The van der Waals surface area contributed by atoms with Gasteiger partial charge in [0.15, 0.2) is 0 Å². The summed E-state index contributed by atoms with van der Waals surface area (Å²) in [6, 6.07) is 10.4. The average Bonchev–Trinajstić information content (AvgIpc) is 2.77. The number of hydrogen-bond acceptors (Lipinski definition) is 5. The molecule has 1 aromatic carbocycles. The van der Waals surface area contributed by atoms with Gasteiger partial charge in [0.05, 0.1) is 17.7 Å². The Labute approximate surface area is 138 Å².